The van der Waals surface area contributed by atoms with Gasteiger partial charge in [0.05, 0.1) is 11.2 Å². The number of nitrogens with one attached hydrogen (secondary N) is 1. The van der Waals surface area contributed by atoms with Crippen molar-refractivity contribution in [1.82, 2.24) is 5.32 Å². The molecule has 1 aliphatic rings. The predicted octanol–water partition coefficient (Wildman–Crippen LogP) is 2.14. The summed E-state index contributed by atoms with van der Waals surface area (Å²) < 4.78 is 39.1. The molecule has 3 nitrogen and oxygen atoms in total. The molecule has 0 atom stereocenters. The number of amides is 1. The second-order valence-corrected chi connectivity index (χ2v) is 4.84. The van der Waals surface area contributed by atoms with Crippen molar-refractivity contribution in [3.05, 3.63) is 35.1 Å². The van der Waals surface area contributed by atoms with Gasteiger partial charge in [-0.15, -0.1) is 0 Å². The highest BCUT2D eigenvalue weighted by molar-refractivity contribution is 5.94. The molecule has 0 saturated heterocycles. The number of rotatable bonds is 3. The van der Waals surface area contributed by atoms with Crippen LogP contribution in [0.4, 0.5) is 13.2 Å². The van der Waals surface area contributed by atoms with Crippen LogP contribution in [0.5, 0.6) is 0 Å². The van der Waals surface area contributed by atoms with E-state index < -0.39 is 34.5 Å². The average Bonchev–Trinajstić information content (AvgIpc) is 2.81. The van der Waals surface area contributed by atoms with Crippen molar-refractivity contribution in [3.8, 4) is 0 Å². The molecule has 2 N–H and O–H groups in total. The molecule has 1 aromatic rings. The van der Waals surface area contributed by atoms with E-state index >= 15 is 0 Å². The van der Waals surface area contributed by atoms with Crippen molar-refractivity contribution < 1.29 is 23.1 Å². The first-order chi connectivity index (χ1) is 8.93. The van der Waals surface area contributed by atoms with Crippen LogP contribution >= 0.6 is 0 Å². The number of aliphatic hydroxyl groups is 1. The first-order valence-corrected chi connectivity index (χ1v) is 6.07. The largest absolute Gasteiger partial charge is 0.388 e. The van der Waals surface area contributed by atoms with Crippen LogP contribution in [0.2, 0.25) is 0 Å². The Bertz CT molecular complexity index is 499. The lowest BCUT2D eigenvalue weighted by molar-refractivity contribution is 0.0448. The van der Waals surface area contributed by atoms with Gasteiger partial charge in [0.2, 0.25) is 0 Å². The molecule has 0 aliphatic heterocycles. The summed E-state index contributed by atoms with van der Waals surface area (Å²) in [5.74, 6) is -5.40. The fourth-order valence-electron chi connectivity index (χ4n) is 2.25. The maximum absolute atomic E-state index is 13.4. The molecular formula is C13H14F3NO2. The maximum atomic E-state index is 13.4. The molecule has 1 aromatic carbocycles. The minimum atomic E-state index is -1.67. The summed E-state index contributed by atoms with van der Waals surface area (Å²) >= 11 is 0. The van der Waals surface area contributed by atoms with Gasteiger partial charge in [-0.1, -0.05) is 12.8 Å². The van der Waals surface area contributed by atoms with E-state index in [4.69, 9.17) is 0 Å². The smallest absolute Gasteiger partial charge is 0.254 e. The molecule has 0 aromatic heterocycles. The molecule has 1 saturated carbocycles. The van der Waals surface area contributed by atoms with E-state index in [1.165, 1.54) is 0 Å². The second-order valence-electron chi connectivity index (χ2n) is 4.84. The SMILES string of the molecule is O=C(NCC1(O)CCCC1)c1ccc(F)c(F)c1F. The Morgan fingerprint density at radius 1 is 1.21 bits per heavy atom. The van der Waals surface area contributed by atoms with Gasteiger partial charge in [-0.05, 0) is 25.0 Å². The predicted molar refractivity (Wildman–Crippen MR) is 62.1 cm³/mol. The Morgan fingerprint density at radius 2 is 1.84 bits per heavy atom. The van der Waals surface area contributed by atoms with Gasteiger partial charge in [0.1, 0.15) is 0 Å². The zero-order valence-electron chi connectivity index (χ0n) is 10.2. The van der Waals surface area contributed by atoms with Gasteiger partial charge in [-0.2, -0.15) is 0 Å². The summed E-state index contributed by atoms with van der Waals surface area (Å²) in [4.78, 5) is 11.7. The quantitative estimate of drug-likeness (QED) is 0.829. The summed E-state index contributed by atoms with van der Waals surface area (Å²) in [6.07, 6.45) is 2.86. The van der Waals surface area contributed by atoms with E-state index in [0.29, 0.717) is 18.9 Å². The van der Waals surface area contributed by atoms with E-state index in [1.807, 2.05) is 0 Å². The summed E-state index contributed by atoms with van der Waals surface area (Å²) in [6, 6.07) is 1.57. The lowest BCUT2D eigenvalue weighted by atomic mass is 10.0. The van der Waals surface area contributed by atoms with E-state index in [0.717, 1.165) is 18.9 Å². The normalized spacial score (nSPS) is 17.5. The van der Waals surface area contributed by atoms with Crippen molar-refractivity contribution in [1.29, 1.82) is 0 Å². The Labute approximate surface area is 108 Å². The molecule has 19 heavy (non-hydrogen) atoms. The monoisotopic (exact) mass is 273 g/mol. The maximum Gasteiger partial charge on any atom is 0.254 e. The van der Waals surface area contributed by atoms with Crippen LogP contribution < -0.4 is 5.32 Å². The minimum Gasteiger partial charge on any atom is -0.388 e. The van der Waals surface area contributed by atoms with E-state index in [9.17, 15) is 23.1 Å². The summed E-state index contributed by atoms with van der Waals surface area (Å²) in [7, 11) is 0. The number of halogens is 3. The molecule has 1 fully saturated rings. The number of carbonyl (C=O) groups excluding carboxylic acids is 1. The highest BCUT2D eigenvalue weighted by atomic mass is 19.2. The van der Waals surface area contributed by atoms with Gasteiger partial charge < -0.3 is 10.4 Å². The average molecular weight is 273 g/mol. The zero-order valence-corrected chi connectivity index (χ0v) is 10.2. The summed E-state index contributed by atoms with van der Waals surface area (Å²) in [5.41, 5.74) is -1.55. The third-order valence-corrected chi connectivity index (χ3v) is 3.39. The lowest BCUT2D eigenvalue weighted by Crippen LogP contribution is -2.41. The Kier molecular flexibility index (Phi) is 3.80. The van der Waals surface area contributed by atoms with Gasteiger partial charge in [0.25, 0.3) is 5.91 Å². The van der Waals surface area contributed by atoms with Crippen LogP contribution in [0.25, 0.3) is 0 Å². The summed E-state index contributed by atoms with van der Waals surface area (Å²) in [6.45, 7) is -0.0235. The van der Waals surface area contributed by atoms with Crippen LogP contribution in [0.3, 0.4) is 0 Å². The van der Waals surface area contributed by atoms with E-state index in [1.54, 1.807) is 0 Å². The van der Waals surface area contributed by atoms with E-state index in [2.05, 4.69) is 5.32 Å². The summed E-state index contributed by atoms with van der Waals surface area (Å²) in [5, 5.41) is 12.4. The molecule has 0 radical (unpaired) electrons. The van der Waals surface area contributed by atoms with Gasteiger partial charge in [0.15, 0.2) is 17.5 Å². The molecule has 104 valence electrons. The Morgan fingerprint density at radius 3 is 2.47 bits per heavy atom. The highest BCUT2D eigenvalue weighted by Crippen LogP contribution is 2.28. The second kappa shape index (κ2) is 5.21. The molecule has 0 spiro atoms. The number of benzene rings is 1. The topological polar surface area (TPSA) is 49.3 Å². The Hall–Kier alpha value is -1.56. The molecule has 0 unspecified atom stereocenters. The molecular weight excluding hydrogens is 259 g/mol. The standard InChI is InChI=1S/C13H14F3NO2/c14-9-4-3-8(10(15)11(9)16)12(18)17-7-13(19)5-1-2-6-13/h3-4,19H,1-2,5-7H2,(H,17,18). The van der Waals surface area contributed by atoms with Crippen LogP contribution in [-0.4, -0.2) is 23.2 Å². The molecule has 6 heteroatoms. The van der Waals surface area contributed by atoms with Gasteiger partial charge in [-0.25, -0.2) is 13.2 Å². The molecule has 1 aliphatic carbocycles. The third kappa shape index (κ3) is 2.89. The molecule has 0 bridgehead atoms. The van der Waals surface area contributed by atoms with E-state index in [-0.39, 0.29) is 6.54 Å². The Balaban J connectivity index is 2.06. The van der Waals surface area contributed by atoms with Gasteiger partial charge in [-0.3, -0.25) is 4.79 Å². The number of hydrogen-bond acceptors (Lipinski definition) is 2. The molecule has 1 amide bonds. The van der Waals surface area contributed by atoms with Crippen LogP contribution in [-0.2, 0) is 0 Å². The first-order valence-electron chi connectivity index (χ1n) is 6.07. The van der Waals surface area contributed by atoms with Crippen molar-refractivity contribution in [2.24, 2.45) is 0 Å². The van der Waals surface area contributed by atoms with Crippen LogP contribution in [0.1, 0.15) is 36.0 Å². The van der Waals surface area contributed by atoms with Crippen molar-refractivity contribution in [2.75, 3.05) is 6.54 Å². The minimum absolute atomic E-state index is 0.0235. The number of hydrogen-bond donors (Lipinski definition) is 2. The van der Waals surface area contributed by atoms with Crippen LogP contribution in [0.15, 0.2) is 12.1 Å². The highest BCUT2D eigenvalue weighted by Gasteiger charge is 2.31. The number of carbonyl (C=O) groups is 1. The lowest BCUT2D eigenvalue weighted by Gasteiger charge is -2.22. The van der Waals surface area contributed by atoms with Crippen molar-refractivity contribution in [2.45, 2.75) is 31.3 Å². The van der Waals surface area contributed by atoms with Crippen LogP contribution in [0, 0.1) is 17.5 Å². The fourth-order valence-corrected chi connectivity index (χ4v) is 2.25. The molecule has 2 rings (SSSR count). The third-order valence-electron chi connectivity index (χ3n) is 3.39. The molecule has 0 heterocycles. The van der Waals surface area contributed by atoms with Gasteiger partial charge >= 0.3 is 0 Å². The fraction of sp³-hybridized carbons (Fsp3) is 0.462. The van der Waals surface area contributed by atoms with Gasteiger partial charge in [0, 0.05) is 6.54 Å². The van der Waals surface area contributed by atoms with Crippen molar-refractivity contribution >= 4 is 5.91 Å². The first kappa shape index (κ1) is 13.9. The zero-order chi connectivity index (χ0) is 14.0. The van der Waals surface area contributed by atoms with Crippen molar-refractivity contribution in [3.63, 3.8) is 0 Å².